The van der Waals surface area contributed by atoms with Gasteiger partial charge in [-0.25, -0.2) is 9.97 Å². The number of aryl methyl sites for hydroxylation is 3. The largest absolute Gasteiger partial charge is 0.486 e. The predicted molar refractivity (Wildman–Crippen MR) is 139 cm³/mol. The first-order valence-electron chi connectivity index (χ1n) is 11.3. The molecule has 7 nitrogen and oxygen atoms in total. The maximum absolute atomic E-state index is 13.4. The fourth-order valence-corrected chi connectivity index (χ4v) is 4.19. The van der Waals surface area contributed by atoms with Gasteiger partial charge in [0, 0.05) is 18.0 Å². The summed E-state index contributed by atoms with van der Waals surface area (Å²) in [5, 5.41) is 10.4. The van der Waals surface area contributed by atoms with Crippen molar-refractivity contribution in [3.05, 3.63) is 97.6 Å². The van der Waals surface area contributed by atoms with E-state index in [0.29, 0.717) is 39.9 Å². The molecule has 0 aliphatic rings. The molecule has 4 heterocycles. The van der Waals surface area contributed by atoms with Crippen LogP contribution in [0.4, 0.5) is 4.39 Å². The van der Waals surface area contributed by atoms with Gasteiger partial charge < -0.3 is 9.84 Å². The molecule has 0 spiro atoms. The number of hydrogen-bond donors (Lipinski definition) is 1. The van der Waals surface area contributed by atoms with E-state index in [2.05, 4.69) is 30.9 Å². The van der Waals surface area contributed by atoms with Crippen LogP contribution in [0.2, 0.25) is 0 Å². The number of ether oxygens (including phenoxy) is 1. The third kappa shape index (κ3) is 5.22. The molecule has 36 heavy (non-hydrogen) atoms. The van der Waals surface area contributed by atoms with Crippen molar-refractivity contribution in [1.29, 1.82) is 0 Å². The lowest BCUT2D eigenvalue weighted by molar-refractivity contribution is 0.0739. The van der Waals surface area contributed by atoms with Gasteiger partial charge >= 0.3 is 0 Å². The van der Waals surface area contributed by atoms with Crippen molar-refractivity contribution < 1.29 is 14.2 Å². The van der Waals surface area contributed by atoms with Crippen LogP contribution in [0.25, 0.3) is 17.1 Å². The van der Waals surface area contributed by atoms with E-state index < -0.39 is 11.5 Å². The second kappa shape index (κ2) is 9.91. The normalized spacial score (nSPS) is 11.6. The average Bonchev–Trinajstić information content (AvgIpc) is 2.81. The molecule has 4 aromatic rings. The van der Waals surface area contributed by atoms with Crippen molar-refractivity contribution in [1.82, 2.24) is 19.5 Å². The molecule has 9 heteroatoms. The zero-order valence-corrected chi connectivity index (χ0v) is 22.2. The predicted octanol–water partition coefficient (Wildman–Crippen LogP) is 5.32. The summed E-state index contributed by atoms with van der Waals surface area (Å²) in [6.45, 7) is 8.97. The van der Waals surface area contributed by atoms with Crippen LogP contribution in [-0.4, -0.2) is 24.6 Å². The minimum Gasteiger partial charge on any atom is -0.486 e. The van der Waals surface area contributed by atoms with Crippen LogP contribution in [0.5, 0.6) is 5.75 Å². The van der Waals surface area contributed by atoms with Crippen LogP contribution in [0, 0.1) is 26.7 Å². The number of hydrogen-bond acceptors (Lipinski definition) is 6. The molecule has 0 unspecified atom stereocenters. The van der Waals surface area contributed by atoms with Crippen LogP contribution in [-0.2, 0) is 12.2 Å². The van der Waals surface area contributed by atoms with Crippen LogP contribution < -0.4 is 10.3 Å². The fraction of sp³-hybridized carbons (Fsp3) is 0.259. The molecule has 1 N–H and O–H groups in total. The molecule has 0 aliphatic carbocycles. The molecule has 0 radical (unpaired) electrons. The van der Waals surface area contributed by atoms with Gasteiger partial charge in [-0.3, -0.25) is 14.3 Å². The number of rotatable bonds is 6. The minimum absolute atomic E-state index is 0.0141. The van der Waals surface area contributed by atoms with E-state index in [4.69, 9.17) is 4.74 Å². The molecule has 0 aromatic carbocycles. The highest BCUT2D eigenvalue weighted by atomic mass is 79.9. The Morgan fingerprint density at radius 2 is 1.83 bits per heavy atom. The molecule has 0 fully saturated rings. The van der Waals surface area contributed by atoms with Crippen LogP contribution >= 0.6 is 15.9 Å². The quantitative estimate of drug-likeness (QED) is 0.325. The topological polar surface area (TPSA) is 90.1 Å². The summed E-state index contributed by atoms with van der Waals surface area (Å²) in [6.07, 6.45) is 1.70. The van der Waals surface area contributed by atoms with Gasteiger partial charge in [-0.2, -0.15) is 4.39 Å². The molecule has 186 valence electrons. The van der Waals surface area contributed by atoms with Gasteiger partial charge in [0.05, 0.1) is 28.5 Å². The van der Waals surface area contributed by atoms with Gasteiger partial charge in [0.1, 0.15) is 22.4 Å². The van der Waals surface area contributed by atoms with Crippen LogP contribution in [0.3, 0.4) is 0 Å². The van der Waals surface area contributed by atoms with E-state index >= 15 is 0 Å². The smallest absolute Gasteiger partial charge is 0.273 e. The van der Waals surface area contributed by atoms with E-state index in [1.165, 1.54) is 6.07 Å². The lowest BCUT2D eigenvalue weighted by atomic mass is 10.0. The first-order chi connectivity index (χ1) is 17.0. The van der Waals surface area contributed by atoms with E-state index in [1.807, 2.05) is 26.0 Å². The first kappa shape index (κ1) is 25.7. The Morgan fingerprint density at radius 1 is 1.08 bits per heavy atom. The lowest BCUT2D eigenvalue weighted by Crippen LogP contribution is -2.23. The second-order valence-corrected chi connectivity index (χ2v) is 9.91. The maximum Gasteiger partial charge on any atom is 0.273 e. The molecule has 4 rings (SSSR count). The molecule has 0 bridgehead atoms. The Bertz CT molecular complexity index is 1510. The second-order valence-electron chi connectivity index (χ2n) is 9.12. The van der Waals surface area contributed by atoms with Crippen molar-refractivity contribution in [3.8, 4) is 22.8 Å². The summed E-state index contributed by atoms with van der Waals surface area (Å²) in [5.41, 5.74) is 3.71. The molecular weight excluding hydrogens is 527 g/mol. The summed E-state index contributed by atoms with van der Waals surface area (Å²) in [5.74, 6) is -0.259. The zero-order valence-electron chi connectivity index (χ0n) is 20.6. The monoisotopic (exact) mass is 552 g/mol. The molecule has 0 amide bonds. The average molecular weight is 553 g/mol. The van der Waals surface area contributed by atoms with Crippen LogP contribution in [0.15, 0.2) is 57.9 Å². The summed E-state index contributed by atoms with van der Waals surface area (Å²) >= 11 is 3.37. The molecule has 0 aliphatic heterocycles. The number of aromatic nitrogens is 4. The Balaban J connectivity index is 1.75. The highest BCUT2D eigenvalue weighted by Gasteiger charge is 2.21. The summed E-state index contributed by atoms with van der Waals surface area (Å²) < 4.78 is 21.0. The molecular formula is C27H26BrFN4O3. The van der Waals surface area contributed by atoms with Crippen LogP contribution in [0.1, 0.15) is 42.1 Å². The Labute approximate surface area is 216 Å². The Morgan fingerprint density at radius 3 is 2.53 bits per heavy atom. The van der Waals surface area contributed by atoms with Crippen molar-refractivity contribution in [2.75, 3.05) is 0 Å². The van der Waals surface area contributed by atoms with Gasteiger partial charge in [0.15, 0.2) is 0 Å². The van der Waals surface area contributed by atoms with Crippen molar-refractivity contribution >= 4 is 15.9 Å². The lowest BCUT2D eigenvalue weighted by Gasteiger charge is -2.19. The fourth-order valence-electron chi connectivity index (χ4n) is 3.78. The Kier molecular flexibility index (Phi) is 7.06. The van der Waals surface area contributed by atoms with Gasteiger partial charge in [-0.15, -0.1) is 0 Å². The van der Waals surface area contributed by atoms with Gasteiger partial charge in [-0.1, -0.05) is 12.1 Å². The third-order valence-corrected chi connectivity index (χ3v) is 6.46. The molecule has 0 saturated heterocycles. The zero-order chi connectivity index (χ0) is 26.2. The number of halogens is 2. The summed E-state index contributed by atoms with van der Waals surface area (Å²) in [6, 6.07) is 11.7. The van der Waals surface area contributed by atoms with Crippen molar-refractivity contribution in [2.45, 2.75) is 46.8 Å². The van der Waals surface area contributed by atoms with E-state index in [0.717, 1.165) is 11.1 Å². The highest BCUT2D eigenvalue weighted by Crippen LogP contribution is 2.29. The molecule has 0 atom stereocenters. The first-order valence-corrected chi connectivity index (χ1v) is 12.1. The summed E-state index contributed by atoms with van der Waals surface area (Å²) in [7, 11) is 0. The molecule has 0 saturated carbocycles. The Hall–Kier alpha value is -3.43. The van der Waals surface area contributed by atoms with Gasteiger partial charge in [0.2, 0.25) is 5.95 Å². The third-order valence-electron chi connectivity index (χ3n) is 5.73. The number of nitrogens with zero attached hydrogens (tertiary/aromatic N) is 4. The SMILES string of the molecule is Cc1cnc(-c2nc(C(C)(C)O)ccc2C)cc1-n1c(C)cc(OCc2cccc(F)n2)c(Br)c1=O. The standard InChI is InChI=1S/C27H26BrFN4O3/c1-15-9-10-22(27(4,5)35)32-25(15)19-12-20(16(2)13-30-19)33-17(3)11-21(24(28)26(33)34)36-14-18-7-6-8-23(29)31-18/h6-13,35H,14H2,1-5H3. The minimum atomic E-state index is -1.11. The number of aliphatic hydroxyl groups is 1. The van der Waals surface area contributed by atoms with E-state index in [1.54, 1.807) is 55.8 Å². The van der Waals surface area contributed by atoms with E-state index in [-0.39, 0.29) is 16.6 Å². The highest BCUT2D eigenvalue weighted by molar-refractivity contribution is 9.10. The maximum atomic E-state index is 13.4. The van der Waals surface area contributed by atoms with E-state index in [9.17, 15) is 14.3 Å². The molecule has 4 aromatic heterocycles. The van der Waals surface area contributed by atoms with Crippen molar-refractivity contribution in [2.24, 2.45) is 0 Å². The van der Waals surface area contributed by atoms with Crippen molar-refractivity contribution in [3.63, 3.8) is 0 Å². The van der Waals surface area contributed by atoms with Gasteiger partial charge in [0.25, 0.3) is 5.56 Å². The number of pyridine rings is 4. The van der Waals surface area contributed by atoms with Gasteiger partial charge in [-0.05, 0) is 85.9 Å². The summed E-state index contributed by atoms with van der Waals surface area (Å²) in [4.78, 5) is 26.4.